The largest absolute Gasteiger partial charge is 0.352 e. The van der Waals surface area contributed by atoms with Gasteiger partial charge < -0.3 is 10.2 Å². The van der Waals surface area contributed by atoms with Gasteiger partial charge in [0.05, 0.1) is 20.6 Å². The van der Waals surface area contributed by atoms with Crippen LogP contribution in [0.1, 0.15) is 36.1 Å². The lowest BCUT2D eigenvalue weighted by molar-refractivity contribution is -0.140. The molecule has 0 saturated heterocycles. The van der Waals surface area contributed by atoms with Gasteiger partial charge in [0.1, 0.15) is 12.6 Å². The molecular weight excluding hydrogens is 629 g/mol. The van der Waals surface area contributed by atoms with Gasteiger partial charge in [0.15, 0.2) is 0 Å². The minimum atomic E-state index is -4.18. The molecule has 2 amide bonds. The number of anilines is 1. The second kappa shape index (κ2) is 15.0. The summed E-state index contributed by atoms with van der Waals surface area (Å²) in [6.07, 6.45) is 0.210. The summed E-state index contributed by atoms with van der Waals surface area (Å²) in [5.41, 5.74) is 3.46. The van der Waals surface area contributed by atoms with Crippen LogP contribution in [0.4, 0.5) is 5.69 Å². The summed E-state index contributed by atoms with van der Waals surface area (Å²) in [7, 11) is -4.18. The standard InChI is InChI=1S/C35H37Cl2N3O4S/c1-24(2)38-35(42)33(21-27-13-7-5-8-14-27)39(22-28-18-19-30(36)31(37)20-28)34(41)23-40(32-17-11-12-25(3)26(32)4)45(43,44)29-15-9-6-10-16-29/h5-20,24,33H,21-23H2,1-4H3,(H,38,42)/t33-/m1/s1. The van der Waals surface area contributed by atoms with Gasteiger partial charge in [0, 0.05) is 19.0 Å². The Bertz CT molecular complexity index is 1750. The van der Waals surface area contributed by atoms with E-state index in [9.17, 15) is 18.0 Å². The van der Waals surface area contributed by atoms with Gasteiger partial charge in [-0.15, -0.1) is 0 Å². The summed E-state index contributed by atoms with van der Waals surface area (Å²) < 4.78 is 29.5. The fraction of sp³-hybridized carbons (Fsp3) is 0.257. The minimum Gasteiger partial charge on any atom is -0.352 e. The molecule has 4 aromatic carbocycles. The molecule has 1 atom stereocenters. The quantitative estimate of drug-likeness (QED) is 0.177. The molecule has 0 aliphatic heterocycles. The minimum absolute atomic E-state index is 0.00916. The van der Waals surface area contributed by atoms with Gasteiger partial charge in [-0.25, -0.2) is 8.42 Å². The molecular formula is C35H37Cl2N3O4S. The van der Waals surface area contributed by atoms with E-state index in [4.69, 9.17) is 23.2 Å². The van der Waals surface area contributed by atoms with E-state index in [2.05, 4.69) is 5.32 Å². The molecule has 4 rings (SSSR count). The maximum absolute atomic E-state index is 14.6. The number of hydrogen-bond acceptors (Lipinski definition) is 4. The fourth-order valence-electron chi connectivity index (χ4n) is 5.01. The van der Waals surface area contributed by atoms with E-state index in [1.54, 1.807) is 48.5 Å². The van der Waals surface area contributed by atoms with E-state index < -0.39 is 28.5 Å². The molecule has 0 fully saturated rings. The highest BCUT2D eigenvalue weighted by molar-refractivity contribution is 7.92. The predicted octanol–water partition coefficient (Wildman–Crippen LogP) is 6.97. The zero-order chi connectivity index (χ0) is 32.7. The van der Waals surface area contributed by atoms with Crippen LogP contribution in [0.15, 0.2) is 102 Å². The molecule has 10 heteroatoms. The van der Waals surface area contributed by atoms with Gasteiger partial charge >= 0.3 is 0 Å². The van der Waals surface area contributed by atoms with Gasteiger partial charge in [-0.3, -0.25) is 13.9 Å². The molecule has 0 unspecified atom stereocenters. The van der Waals surface area contributed by atoms with E-state index in [-0.39, 0.29) is 29.8 Å². The smallest absolute Gasteiger partial charge is 0.264 e. The maximum atomic E-state index is 14.6. The average Bonchev–Trinajstić information content (AvgIpc) is 3.01. The van der Waals surface area contributed by atoms with Crippen LogP contribution in [0.2, 0.25) is 10.0 Å². The van der Waals surface area contributed by atoms with E-state index in [1.165, 1.54) is 17.0 Å². The van der Waals surface area contributed by atoms with E-state index in [1.807, 2.05) is 64.1 Å². The third kappa shape index (κ3) is 8.45. The Kier molecular flexibility index (Phi) is 11.3. The maximum Gasteiger partial charge on any atom is 0.264 e. The van der Waals surface area contributed by atoms with E-state index in [0.717, 1.165) is 21.0 Å². The Morgan fingerprint density at radius 2 is 1.44 bits per heavy atom. The van der Waals surface area contributed by atoms with Crippen molar-refractivity contribution >= 4 is 50.7 Å². The summed E-state index contributed by atoms with van der Waals surface area (Å²) >= 11 is 12.5. The Morgan fingerprint density at radius 3 is 2.07 bits per heavy atom. The molecule has 0 spiro atoms. The molecule has 0 aromatic heterocycles. The van der Waals surface area contributed by atoms with Crippen LogP contribution >= 0.6 is 23.2 Å². The highest BCUT2D eigenvalue weighted by atomic mass is 35.5. The lowest BCUT2D eigenvalue weighted by atomic mass is 10.0. The molecule has 0 bridgehead atoms. The lowest BCUT2D eigenvalue weighted by Crippen LogP contribution is -2.54. The Morgan fingerprint density at radius 1 is 0.800 bits per heavy atom. The van der Waals surface area contributed by atoms with Crippen molar-refractivity contribution in [1.82, 2.24) is 10.2 Å². The Labute approximate surface area is 275 Å². The van der Waals surface area contributed by atoms with Crippen molar-refractivity contribution in [2.75, 3.05) is 10.8 Å². The number of nitrogens with zero attached hydrogens (tertiary/aromatic N) is 2. The molecule has 45 heavy (non-hydrogen) atoms. The number of sulfonamides is 1. The molecule has 7 nitrogen and oxygen atoms in total. The Hall–Kier alpha value is -3.85. The summed E-state index contributed by atoms with van der Waals surface area (Å²) in [6.45, 7) is 6.85. The topological polar surface area (TPSA) is 86.8 Å². The van der Waals surface area contributed by atoms with Gasteiger partial charge in [0.2, 0.25) is 11.8 Å². The number of halogens is 2. The van der Waals surface area contributed by atoms with Crippen LogP contribution in [0.5, 0.6) is 0 Å². The van der Waals surface area contributed by atoms with Crippen molar-refractivity contribution in [1.29, 1.82) is 0 Å². The SMILES string of the molecule is Cc1cccc(N(CC(=O)N(Cc2ccc(Cl)c(Cl)c2)[C@H](Cc2ccccc2)C(=O)NC(C)C)S(=O)(=O)c2ccccc2)c1C. The number of hydrogen-bond donors (Lipinski definition) is 1. The monoisotopic (exact) mass is 665 g/mol. The summed E-state index contributed by atoms with van der Waals surface area (Å²) in [5.74, 6) is -0.909. The number of nitrogens with one attached hydrogen (secondary N) is 1. The van der Waals surface area contributed by atoms with Crippen molar-refractivity contribution < 1.29 is 18.0 Å². The highest BCUT2D eigenvalue weighted by Crippen LogP contribution is 2.30. The summed E-state index contributed by atoms with van der Waals surface area (Å²) in [5, 5.41) is 3.61. The molecule has 4 aromatic rings. The summed E-state index contributed by atoms with van der Waals surface area (Å²) in [6, 6.07) is 26.6. The summed E-state index contributed by atoms with van der Waals surface area (Å²) in [4.78, 5) is 29.8. The van der Waals surface area contributed by atoms with Crippen LogP contribution < -0.4 is 9.62 Å². The second-order valence-electron chi connectivity index (χ2n) is 11.2. The van der Waals surface area contributed by atoms with Gasteiger partial charge in [-0.1, -0.05) is 89.9 Å². The molecule has 0 aliphatic carbocycles. The molecule has 0 radical (unpaired) electrons. The highest BCUT2D eigenvalue weighted by Gasteiger charge is 2.35. The van der Waals surface area contributed by atoms with Crippen LogP contribution in [-0.4, -0.2) is 43.8 Å². The van der Waals surface area contributed by atoms with Crippen LogP contribution in [0.25, 0.3) is 0 Å². The number of carbonyl (C=O) groups excluding carboxylic acids is 2. The van der Waals surface area contributed by atoms with Crippen molar-refractivity contribution in [2.24, 2.45) is 0 Å². The van der Waals surface area contributed by atoms with Gasteiger partial charge in [-0.05, 0) is 80.3 Å². The molecule has 0 aliphatic rings. The van der Waals surface area contributed by atoms with Crippen LogP contribution in [0.3, 0.4) is 0 Å². The first kappa shape index (κ1) is 34.0. The first-order chi connectivity index (χ1) is 21.4. The third-order valence-electron chi connectivity index (χ3n) is 7.49. The van der Waals surface area contributed by atoms with Crippen molar-refractivity contribution in [3.63, 3.8) is 0 Å². The number of rotatable bonds is 12. The molecule has 0 saturated carbocycles. The van der Waals surface area contributed by atoms with Gasteiger partial charge in [0.25, 0.3) is 10.0 Å². The molecule has 1 N–H and O–H groups in total. The third-order valence-corrected chi connectivity index (χ3v) is 10.0. The lowest BCUT2D eigenvalue weighted by Gasteiger charge is -2.34. The number of benzene rings is 4. The second-order valence-corrected chi connectivity index (χ2v) is 13.9. The normalized spacial score (nSPS) is 12.1. The van der Waals surface area contributed by atoms with Crippen LogP contribution in [0, 0.1) is 13.8 Å². The zero-order valence-electron chi connectivity index (χ0n) is 25.7. The Balaban J connectivity index is 1.84. The van der Waals surface area contributed by atoms with E-state index in [0.29, 0.717) is 21.3 Å². The number of aryl methyl sites for hydroxylation is 1. The predicted molar refractivity (Wildman–Crippen MR) is 181 cm³/mol. The van der Waals surface area contributed by atoms with E-state index >= 15 is 0 Å². The van der Waals surface area contributed by atoms with Crippen molar-refractivity contribution in [3.8, 4) is 0 Å². The average molecular weight is 667 g/mol. The number of carbonyl (C=O) groups is 2. The van der Waals surface area contributed by atoms with Gasteiger partial charge in [-0.2, -0.15) is 0 Å². The van der Waals surface area contributed by atoms with Crippen molar-refractivity contribution in [2.45, 2.75) is 57.6 Å². The zero-order valence-corrected chi connectivity index (χ0v) is 28.0. The fourth-order valence-corrected chi connectivity index (χ4v) is 6.82. The number of amides is 2. The van der Waals surface area contributed by atoms with Crippen LogP contribution in [-0.2, 0) is 32.6 Å². The molecule has 0 heterocycles. The van der Waals surface area contributed by atoms with Crippen molar-refractivity contribution in [3.05, 3.63) is 129 Å². The first-order valence-corrected chi connectivity index (χ1v) is 16.8. The first-order valence-electron chi connectivity index (χ1n) is 14.6. The molecule has 236 valence electrons.